The van der Waals surface area contributed by atoms with Crippen LogP contribution in [0.2, 0.25) is 0 Å². The summed E-state index contributed by atoms with van der Waals surface area (Å²) in [7, 11) is 0. The van der Waals surface area contributed by atoms with Crippen molar-refractivity contribution in [1.29, 1.82) is 0 Å². The molecule has 1 saturated heterocycles. The van der Waals surface area contributed by atoms with Crippen LogP contribution in [0.3, 0.4) is 0 Å². The van der Waals surface area contributed by atoms with Gasteiger partial charge in [-0.3, -0.25) is 0 Å². The molecule has 0 N–H and O–H groups in total. The summed E-state index contributed by atoms with van der Waals surface area (Å²) >= 11 is 5.91. The standard InChI is InChI=1S/C11H15ClN2/c1-9-4-5-11(13-8-9)14-6-2-3-10(14)7-12/h4-5,8,10H,2-3,6-7H2,1H3. The number of hydrogen-bond donors (Lipinski definition) is 0. The molecular weight excluding hydrogens is 196 g/mol. The van der Waals surface area contributed by atoms with Crippen LogP contribution >= 0.6 is 11.6 Å². The number of alkyl halides is 1. The van der Waals surface area contributed by atoms with Crippen molar-refractivity contribution in [1.82, 2.24) is 4.98 Å². The van der Waals surface area contributed by atoms with Gasteiger partial charge in [0.15, 0.2) is 0 Å². The van der Waals surface area contributed by atoms with Crippen molar-refractivity contribution in [3.8, 4) is 0 Å². The first-order chi connectivity index (χ1) is 6.81. The van der Waals surface area contributed by atoms with Crippen molar-refractivity contribution in [2.75, 3.05) is 17.3 Å². The van der Waals surface area contributed by atoms with E-state index < -0.39 is 0 Å². The highest BCUT2D eigenvalue weighted by Crippen LogP contribution is 2.24. The maximum atomic E-state index is 5.91. The van der Waals surface area contributed by atoms with Crippen LogP contribution in [0, 0.1) is 6.92 Å². The van der Waals surface area contributed by atoms with Gasteiger partial charge in [0, 0.05) is 24.7 Å². The van der Waals surface area contributed by atoms with Gasteiger partial charge >= 0.3 is 0 Å². The molecule has 0 aliphatic carbocycles. The highest BCUT2D eigenvalue weighted by Gasteiger charge is 2.24. The van der Waals surface area contributed by atoms with Crippen molar-refractivity contribution in [3.05, 3.63) is 23.9 Å². The largest absolute Gasteiger partial charge is 0.352 e. The fourth-order valence-corrected chi connectivity index (χ4v) is 2.25. The van der Waals surface area contributed by atoms with Gasteiger partial charge in [-0.25, -0.2) is 4.98 Å². The molecule has 0 radical (unpaired) electrons. The zero-order chi connectivity index (χ0) is 9.97. The van der Waals surface area contributed by atoms with E-state index in [2.05, 4.69) is 28.9 Å². The van der Waals surface area contributed by atoms with Crippen LogP contribution in [0.15, 0.2) is 18.3 Å². The summed E-state index contributed by atoms with van der Waals surface area (Å²) in [6.07, 6.45) is 4.34. The molecule has 1 aliphatic rings. The SMILES string of the molecule is Cc1ccc(N2CCCC2CCl)nc1. The van der Waals surface area contributed by atoms with Gasteiger partial charge < -0.3 is 4.90 Å². The normalized spacial score (nSPS) is 21.6. The van der Waals surface area contributed by atoms with E-state index in [0.29, 0.717) is 11.9 Å². The van der Waals surface area contributed by atoms with Crippen molar-refractivity contribution in [3.63, 3.8) is 0 Å². The maximum absolute atomic E-state index is 5.91. The van der Waals surface area contributed by atoms with E-state index in [1.54, 1.807) is 0 Å². The Morgan fingerprint density at radius 3 is 3.07 bits per heavy atom. The Kier molecular flexibility index (Phi) is 2.92. The fourth-order valence-electron chi connectivity index (χ4n) is 1.93. The van der Waals surface area contributed by atoms with Crippen LogP contribution in [0.25, 0.3) is 0 Å². The summed E-state index contributed by atoms with van der Waals surface area (Å²) in [6, 6.07) is 4.67. The Morgan fingerprint density at radius 2 is 2.43 bits per heavy atom. The molecule has 2 rings (SSSR count). The highest BCUT2D eigenvalue weighted by molar-refractivity contribution is 6.18. The second-order valence-corrected chi connectivity index (χ2v) is 4.15. The van der Waals surface area contributed by atoms with Crippen LogP contribution in [0.4, 0.5) is 5.82 Å². The van der Waals surface area contributed by atoms with Crippen LogP contribution in [-0.2, 0) is 0 Å². The van der Waals surface area contributed by atoms with Gasteiger partial charge in [0.2, 0.25) is 0 Å². The van der Waals surface area contributed by atoms with Crippen molar-refractivity contribution in [2.45, 2.75) is 25.8 Å². The van der Waals surface area contributed by atoms with Crippen LogP contribution in [-0.4, -0.2) is 23.5 Å². The minimum Gasteiger partial charge on any atom is -0.352 e. The molecule has 0 spiro atoms. The second-order valence-electron chi connectivity index (χ2n) is 3.84. The molecule has 1 fully saturated rings. The Labute approximate surface area is 89.9 Å². The Balaban J connectivity index is 2.17. The predicted molar refractivity (Wildman–Crippen MR) is 60.1 cm³/mol. The molecule has 1 atom stereocenters. The quantitative estimate of drug-likeness (QED) is 0.698. The topological polar surface area (TPSA) is 16.1 Å². The van der Waals surface area contributed by atoms with Gasteiger partial charge in [0.1, 0.15) is 5.82 Å². The number of pyridine rings is 1. The summed E-state index contributed by atoms with van der Waals surface area (Å²) in [4.78, 5) is 6.74. The number of aryl methyl sites for hydroxylation is 1. The van der Waals surface area contributed by atoms with E-state index in [4.69, 9.17) is 11.6 Å². The minimum absolute atomic E-state index is 0.479. The summed E-state index contributed by atoms with van der Waals surface area (Å²) in [6.45, 7) is 3.15. The van der Waals surface area contributed by atoms with Crippen LogP contribution in [0.5, 0.6) is 0 Å². The third-order valence-corrected chi connectivity index (χ3v) is 3.10. The van der Waals surface area contributed by atoms with Crippen LogP contribution in [0.1, 0.15) is 18.4 Å². The van der Waals surface area contributed by atoms with Gasteiger partial charge in [-0.05, 0) is 31.4 Å². The van der Waals surface area contributed by atoms with E-state index in [0.717, 1.165) is 12.4 Å². The number of rotatable bonds is 2. The summed E-state index contributed by atoms with van der Waals surface area (Å²) in [5.74, 6) is 1.77. The average molecular weight is 211 g/mol. The summed E-state index contributed by atoms with van der Waals surface area (Å²) < 4.78 is 0. The number of nitrogens with zero attached hydrogens (tertiary/aromatic N) is 2. The second kappa shape index (κ2) is 4.18. The molecule has 2 heterocycles. The molecule has 1 aromatic heterocycles. The summed E-state index contributed by atoms with van der Waals surface area (Å²) in [5.41, 5.74) is 1.20. The number of anilines is 1. The first-order valence-corrected chi connectivity index (χ1v) is 5.60. The van der Waals surface area contributed by atoms with Crippen molar-refractivity contribution in [2.24, 2.45) is 0 Å². The smallest absolute Gasteiger partial charge is 0.128 e. The number of hydrogen-bond acceptors (Lipinski definition) is 2. The summed E-state index contributed by atoms with van der Waals surface area (Å²) in [5, 5.41) is 0. The van der Waals surface area contributed by atoms with Crippen molar-refractivity contribution >= 4 is 17.4 Å². The first kappa shape index (κ1) is 9.78. The Hall–Kier alpha value is -0.760. The van der Waals surface area contributed by atoms with E-state index in [9.17, 15) is 0 Å². The van der Waals surface area contributed by atoms with E-state index in [1.165, 1.54) is 18.4 Å². The van der Waals surface area contributed by atoms with Gasteiger partial charge in [-0.1, -0.05) is 6.07 Å². The first-order valence-electron chi connectivity index (χ1n) is 5.06. The Morgan fingerprint density at radius 1 is 1.57 bits per heavy atom. The van der Waals surface area contributed by atoms with Gasteiger partial charge in [-0.2, -0.15) is 0 Å². The molecule has 1 aliphatic heterocycles. The lowest BCUT2D eigenvalue weighted by Gasteiger charge is -2.23. The zero-order valence-electron chi connectivity index (χ0n) is 8.41. The molecule has 0 amide bonds. The van der Waals surface area contributed by atoms with Crippen LogP contribution < -0.4 is 4.90 Å². The molecule has 0 aromatic carbocycles. The molecule has 1 aromatic rings. The molecule has 0 saturated carbocycles. The van der Waals surface area contributed by atoms with Gasteiger partial charge in [-0.15, -0.1) is 11.6 Å². The molecule has 3 heteroatoms. The van der Waals surface area contributed by atoms with E-state index >= 15 is 0 Å². The molecular formula is C11H15ClN2. The molecule has 14 heavy (non-hydrogen) atoms. The number of aromatic nitrogens is 1. The molecule has 1 unspecified atom stereocenters. The molecule has 2 nitrogen and oxygen atoms in total. The van der Waals surface area contributed by atoms with Gasteiger partial charge in [0.05, 0.1) is 0 Å². The molecule has 76 valence electrons. The average Bonchev–Trinajstić information content (AvgIpc) is 2.67. The van der Waals surface area contributed by atoms with Gasteiger partial charge in [0.25, 0.3) is 0 Å². The Bertz CT molecular complexity index is 297. The third-order valence-electron chi connectivity index (χ3n) is 2.75. The third kappa shape index (κ3) is 1.85. The minimum atomic E-state index is 0.479. The fraction of sp³-hybridized carbons (Fsp3) is 0.545. The number of halogens is 1. The highest BCUT2D eigenvalue weighted by atomic mass is 35.5. The maximum Gasteiger partial charge on any atom is 0.128 e. The van der Waals surface area contributed by atoms with E-state index in [1.807, 2.05) is 6.20 Å². The monoisotopic (exact) mass is 210 g/mol. The predicted octanol–water partition coefficient (Wildman–Crippen LogP) is 2.60. The lowest BCUT2D eigenvalue weighted by atomic mass is 10.2. The zero-order valence-corrected chi connectivity index (χ0v) is 9.17. The lowest BCUT2D eigenvalue weighted by Crippen LogP contribution is -2.31. The lowest BCUT2D eigenvalue weighted by molar-refractivity contribution is 0.733. The van der Waals surface area contributed by atoms with E-state index in [-0.39, 0.29) is 0 Å². The van der Waals surface area contributed by atoms with Crippen molar-refractivity contribution < 1.29 is 0 Å². The molecule has 0 bridgehead atoms.